The van der Waals surface area contributed by atoms with Crippen LogP contribution in [0.15, 0.2) is 61.1 Å². The van der Waals surface area contributed by atoms with Crippen molar-refractivity contribution in [2.45, 2.75) is 31.4 Å². The van der Waals surface area contributed by atoms with Gasteiger partial charge in [0.1, 0.15) is 12.6 Å². The average molecular weight is 464 g/mol. The number of nitrogens with one attached hydrogen (secondary N) is 3. The number of carbonyl (C=O) groups is 3. The molecule has 1 aliphatic rings. The molecule has 3 aromatic rings. The first-order valence-electron chi connectivity index (χ1n) is 10.7. The Morgan fingerprint density at radius 2 is 1.74 bits per heavy atom. The minimum atomic E-state index is -1.26. The van der Waals surface area contributed by atoms with Gasteiger partial charge in [0.2, 0.25) is 0 Å². The molecule has 0 radical (unpaired) electrons. The number of aromatic nitrogens is 2. The van der Waals surface area contributed by atoms with Crippen LogP contribution >= 0.6 is 0 Å². The third kappa shape index (κ3) is 5.07. The molecule has 0 spiro atoms. The van der Waals surface area contributed by atoms with E-state index in [1.165, 1.54) is 19.4 Å². The van der Waals surface area contributed by atoms with Gasteiger partial charge in [0.15, 0.2) is 6.10 Å². The highest BCUT2D eigenvalue weighted by Gasteiger charge is 2.30. The smallest absolute Gasteiger partial charge is 0.407 e. The average Bonchev–Trinajstić information content (AvgIpc) is 3.46. The molecule has 4 rings (SSSR count). The molecule has 0 bridgehead atoms. The summed E-state index contributed by atoms with van der Waals surface area (Å²) in [5.74, 6) is -2.09. The maximum Gasteiger partial charge on any atom is 0.407 e. The molecule has 2 amide bonds. The van der Waals surface area contributed by atoms with E-state index in [0.29, 0.717) is 5.69 Å². The molecule has 1 unspecified atom stereocenters. The molecule has 176 valence electrons. The zero-order valence-corrected chi connectivity index (χ0v) is 18.4. The van der Waals surface area contributed by atoms with Crippen LogP contribution in [0, 0.1) is 0 Å². The number of H-pyrrole nitrogens is 1. The molecule has 0 aliphatic heterocycles. The first-order chi connectivity index (χ1) is 16.4. The summed E-state index contributed by atoms with van der Waals surface area (Å²) in [6.07, 6.45) is 0.987. The van der Waals surface area contributed by atoms with Crippen LogP contribution < -0.4 is 10.8 Å². The molecule has 0 fully saturated rings. The molecule has 2 aromatic carbocycles. The van der Waals surface area contributed by atoms with Gasteiger partial charge >= 0.3 is 12.1 Å². The minimum Gasteiger partial charge on any atom is -0.479 e. The van der Waals surface area contributed by atoms with Crippen molar-refractivity contribution in [2.75, 3.05) is 6.61 Å². The van der Waals surface area contributed by atoms with Crippen molar-refractivity contribution in [2.24, 2.45) is 0 Å². The van der Waals surface area contributed by atoms with E-state index >= 15 is 0 Å². The third-order valence-electron chi connectivity index (χ3n) is 5.62. The van der Waals surface area contributed by atoms with Crippen LogP contribution in [0.4, 0.5) is 4.79 Å². The third-order valence-corrected chi connectivity index (χ3v) is 5.62. The fraction of sp³-hybridized carbons (Fsp3) is 0.250. The van der Waals surface area contributed by atoms with E-state index in [2.05, 4.69) is 20.8 Å². The van der Waals surface area contributed by atoms with Crippen molar-refractivity contribution in [3.05, 3.63) is 77.9 Å². The summed E-state index contributed by atoms with van der Waals surface area (Å²) in [7, 11) is 0. The molecule has 0 saturated heterocycles. The summed E-state index contributed by atoms with van der Waals surface area (Å²) < 4.78 is 5.51. The lowest BCUT2D eigenvalue weighted by atomic mass is 9.98. The number of aromatic amines is 1. The number of carbonyl (C=O) groups excluding carboxylic acids is 2. The lowest BCUT2D eigenvalue weighted by Gasteiger charge is -2.19. The summed E-state index contributed by atoms with van der Waals surface area (Å²) in [4.78, 5) is 47.8. The van der Waals surface area contributed by atoms with E-state index in [0.717, 1.165) is 22.3 Å². The Morgan fingerprint density at radius 1 is 1.09 bits per heavy atom. The zero-order chi connectivity index (χ0) is 24.1. The topological polar surface area (TPSA) is 143 Å². The van der Waals surface area contributed by atoms with Crippen LogP contribution in [-0.2, 0) is 25.6 Å². The first kappa shape index (κ1) is 23.0. The molecular weight excluding hydrogens is 440 g/mol. The second-order valence-electron chi connectivity index (χ2n) is 7.87. The lowest BCUT2D eigenvalue weighted by Crippen LogP contribution is -2.49. The number of hydroxylamine groups is 1. The highest BCUT2D eigenvalue weighted by atomic mass is 16.7. The second kappa shape index (κ2) is 10.2. The Labute approximate surface area is 195 Å². The molecule has 4 N–H and O–H groups in total. The fourth-order valence-electron chi connectivity index (χ4n) is 3.88. The maximum absolute atomic E-state index is 12.6. The summed E-state index contributed by atoms with van der Waals surface area (Å²) in [5.41, 5.74) is 7.02. The van der Waals surface area contributed by atoms with Crippen molar-refractivity contribution in [1.82, 2.24) is 20.8 Å². The van der Waals surface area contributed by atoms with Gasteiger partial charge in [-0.25, -0.2) is 20.1 Å². The number of hydrogen-bond donors (Lipinski definition) is 4. The molecular formula is C24H24N4O6. The Bertz CT molecular complexity index is 1130. The number of carboxylic acid groups (broad SMARTS) is 1. The van der Waals surface area contributed by atoms with Crippen molar-refractivity contribution in [1.29, 1.82) is 0 Å². The number of aliphatic carboxylic acids is 1. The van der Waals surface area contributed by atoms with E-state index in [-0.39, 0.29) is 18.9 Å². The van der Waals surface area contributed by atoms with Gasteiger partial charge in [0.25, 0.3) is 5.91 Å². The maximum atomic E-state index is 12.6. The van der Waals surface area contributed by atoms with Crippen LogP contribution in [0.1, 0.15) is 29.7 Å². The molecule has 0 saturated carbocycles. The summed E-state index contributed by atoms with van der Waals surface area (Å²) in [6.45, 7) is 1.36. The van der Waals surface area contributed by atoms with E-state index in [1.54, 1.807) is 0 Å². The van der Waals surface area contributed by atoms with Gasteiger partial charge in [-0.1, -0.05) is 48.5 Å². The molecule has 10 nitrogen and oxygen atoms in total. The summed E-state index contributed by atoms with van der Waals surface area (Å²) in [5, 5.41) is 11.5. The number of carboxylic acids is 1. The SMILES string of the molecule is CC(ONC(=O)[C@H](Cc1cnc[nH]1)NC(=O)OCC1c2ccccc2-c2ccccc21)C(=O)O. The number of rotatable bonds is 9. The van der Waals surface area contributed by atoms with Gasteiger partial charge in [0, 0.05) is 24.2 Å². The fourth-order valence-corrected chi connectivity index (χ4v) is 3.88. The summed E-state index contributed by atoms with van der Waals surface area (Å²) in [6, 6.07) is 14.8. The van der Waals surface area contributed by atoms with E-state index < -0.39 is 30.1 Å². The number of amides is 2. The Balaban J connectivity index is 1.42. The van der Waals surface area contributed by atoms with Gasteiger partial charge in [-0.05, 0) is 29.2 Å². The summed E-state index contributed by atoms with van der Waals surface area (Å²) >= 11 is 0. The zero-order valence-electron chi connectivity index (χ0n) is 18.4. The highest BCUT2D eigenvalue weighted by Crippen LogP contribution is 2.44. The van der Waals surface area contributed by atoms with Crippen molar-refractivity contribution < 1.29 is 29.1 Å². The number of hydrogen-bond acceptors (Lipinski definition) is 6. The number of imidazole rings is 1. The van der Waals surface area contributed by atoms with Crippen LogP contribution in [0.3, 0.4) is 0 Å². The molecule has 34 heavy (non-hydrogen) atoms. The van der Waals surface area contributed by atoms with Gasteiger partial charge < -0.3 is 20.1 Å². The van der Waals surface area contributed by atoms with Crippen LogP contribution in [0.25, 0.3) is 11.1 Å². The quantitative estimate of drug-likeness (QED) is 0.356. The number of alkyl carbamates (subject to hydrolysis) is 1. The van der Waals surface area contributed by atoms with Gasteiger partial charge in [-0.2, -0.15) is 0 Å². The van der Waals surface area contributed by atoms with Gasteiger partial charge in [0.05, 0.1) is 6.33 Å². The van der Waals surface area contributed by atoms with Crippen molar-refractivity contribution in [3.63, 3.8) is 0 Å². The predicted molar refractivity (Wildman–Crippen MR) is 121 cm³/mol. The largest absolute Gasteiger partial charge is 0.479 e. The monoisotopic (exact) mass is 464 g/mol. The van der Waals surface area contributed by atoms with Crippen LogP contribution in [0.2, 0.25) is 0 Å². The van der Waals surface area contributed by atoms with Crippen molar-refractivity contribution >= 4 is 18.0 Å². The Morgan fingerprint density at radius 3 is 2.32 bits per heavy atom. The van der Waals surface area contributed by atoms with Gasteiger partial charge in [-0.3, -0.25) is 9.63 Å². The molecule has 1 heterocycles. The van der Waals surface area contributed by atoms with E-state index in [4.69, 9.17) is 14.7 Å². The minimum absolute atomic E-state index is 0.0703. The van der Waals surface area contributed by atoms with Crippen molar-refractivity contribution in [3.8, 4) is 11.1 Å². The van der Waals surface area contributed by atoms with Crippen LogP contribution in [0.5, 0.6) is 0 Å². The molecule has 2 atom stereocenters. The van der Waals surface area contributed by atoms with Crippen LogP contribution in [-0.4, -0.2) is 51.8 Å². The molecule has 1 aliphatic carbocycles. The normalized spacial score (nSPS) is 13.9. The number of ether oxygens (including phenoxy) is 1. The van der Waals surface area contributed by atoms with E-state index in [1.807, 2.05) is 48.5 Å². The van der Waals surface area contributed by atoms with Gasteiger partial charge in [-0.15, -0.1) is 0 Å². The molecule has 1 aromatic heterocycles. The Kier molecular flexibility index (Phi) is 6.88. The number of nitrogens with zero attached hydrogens (tertiary/aromatic N) is 1. The second-order valence-corrected chi connectivity index (χ2v) is 7.87. The standard InChI is InChI=1S/C24H24N4O6/c1-14(23(30)31)34-28-22(29)21(10-15-11-25-13-26-15)27-24(32)33-12-20-18-8-4-2-6-16(18)17-7-3-5-9-19(17)20/h2-9,11,13-14,20-21H,10,12H2,1H3,(H,25,26)(H,27,32)(H,28,29)(H,30,31)/t14?,21-/m0/s1. The van der Waals surface area contributed by atoms with E-state index in [9.17, 15) is 14.4 Å². The highest BCUT2D eigenvalue weighted by molar-refractivity contribution is 5.85. The predicted octanol–water partition coefficient (Wildman–Crippen LogP) is 2.38. The number of fused-ring (bicyclic) bond motifs is 3. The lowest BCUT2D eigenvalue weighted by molar-refractivity contribution is -0.159. The number of benzene rings is 2. The first-order valence-corrected chi connectivity index (χ1v) is 10.7. The Hall–Kier alpha value is -4.18. The molecule has 10 heteroatoms.